The molecule has 0 spiro atoms. The standard InChI is InChI=1S/C27H35FO/c1-3-5-13-29-25-16-24-12-11-23(17-26(24)27(28)18-25)22-10-9-20-14-19(6-4-2)7-8-21(20)15-22/h3,5,11-12,16-22H,4,6-10,13-15H2,1-2H3. The van der Waals surface area contributed by atoms with Crippen LogP contribution >= 0.6 is 0 Å². The highest BCUT2D eigenvalue weighted by Gasteiger charge is 2.35. The van der Waals surface area contributed by atoms with E-state index in [4.69, 9.17) is 4.74 Å². The smallest absolute Gasteiger partial charge is 0.134 e. The van der Waals surface area contributed by atoms with Crippen LogP contribution < -0.4 is 4.74 Å². The van der Waals surface area contributed by atoms with Crippen LogP contribution in [0.5, 0.6) is 5.75 Å². The average Bonchev–Trinajstić information content (AvgIpc) is 2.74. The van der Waals surface area contributed by atoms with Crippen LogP contribution in [0.15, 0.2) is 42.5 Å². The number of fused-ring (bicyclic) bond motifs is 2. The van der Waals surface area contributed by atoms with Crippen LogP contribution in [-0.2, 0) is 0 Å². The number of allylic oxidation sites excluding steroid dienone is 1. The topological polar surface area (TPSA) is 9.23 Å². The Morgan fingerprint density at radius 2 is 1.86 bits per heavy atom. The molecular formula is C27H35FO. The highest BCUT2D eigenvalue weighted by atomic mass is 19.1. The normalized spacial score (nSPS) is 27.3. The van der Waals surface area contributed by atoms with Crippen LogP contribution in [0.25, 0.3) is 10.8 Å². The summed E-state index contributed by atoms with van der Waals surface area (Å²) >= 11 is 0. The van der Waals surface area contributed by atoms with Crippen molar-refractivity contribution in [2.24, 2.45) is 17.8 Å². The third-order valence-electron chi connectivity index (χ3n) is 7.37. The van der Waals surface area contributed by atoms with Crippen molar-refractivity contribution in [1.82, 2.24) is 0 Å². The monoisotopic (exact) mass is 394 g/mol. The van der Waals surface area contributed by atoms with Crippen molar-refractivity contribution in [3.8, 4) is 5.75 Å². The van der Waals surface area contributed by atoms with Gasteiger partial charge in [0.05, 0.1) is 0 Å². The zero-order valence-electron chi connectivity index (χ0n) is 18.0. The molecule has 0 aromatic heterocycles. The van der Waals surface area contributed by atoms with Crippen LogP contribution in [0.1, 0.15) is 76.7 Å². The van der Waals surface area contributed by atoms with E-state index in [0.29, 0.717) is 18.3 Å². The molecule has 2 fully saturated rings. The van der Waals surface area contributed by atoms with Crippen LogP contribution in [0.4, 0.5) is 4.39 Å². The molecule has 156 valence electrons. The SMILES string of the molecule is CC=CCOc1cc(F)c2cc(C3CCC4CC(CCC)CCC4C3)ccc2c1. The van der Waals surface area contributed by atoms with Gasteiger partial charge in [-0.3, -0.25) is 0 Å². The van der Waals surface area contributed by atoms with E-state index in [9.17, 15) is 4.39 Å². The van der Waals surface area contributed by atoms with Crippen LogP contribution in [0.3, 0.4) is 0 Å². The fraction of sp³-hybridized carbons (Fsp3) is 0.556. The second-order valence-electron chi connectivity index (χ2n) is 9.26. The summed E-state index contributed by atoms with van der Waals surface area (Å²) in [6.07, 6.45) is 14.8. The van der Waals surface area contributed by atoms with Gasteiger partial charge in [-0.2, -0.15) is 0 Å². The summed E-state index contributed by atoms with van der Waals surface area (Å²) in [6, 6.07) is 9.90. The summed E-state index contributed by atoms with van der Waals surface area (Å²) < 4.78 is 20.4. The molecule has 4 rings (SSSR count). The second-order valence-corrected chi connectivity index (χ2v) is 9.26. The number of benzene rings is 2. The Balaban J connectivity index is 1.47. The first-order valence-corrected chi connectivity index (χ1v) is 11.6. The summed E-state index contributed by atoms with van der Waals surface area (Å²) in [4.78, 5) is 0. The quantitative estimate of drug-likeness (QED) is 0.450. The van der Waals surface area contributed by atoms with Gasteiger partial charge in [0.2, 0.25) is 0 Å². The van der Waals surface area contributed by atoms with Gasteiger partial charge in [0, 0.05) is 11.5 Å². The molecule has 0 aliphatic heterocycles. The lowest BCUT2D eigenvalue weighted by molar-refractivity contribution is 0.114. The van der Waals surface area contributed by atoms with E-state index in [-0.39, 0.29) is 5.82 Å². The molecule has 1 nitrogen and oxygen atoms in total. The maximum Gasteiger partial charge on any atom is 0.134 e. The molecule has 2 heteroatoms. The number of hydrogen-bond acceptors (Lipinski definition) is 1. The fourth-order valence-corrected chi connectivity index (χ4v) is 5.84. The Kier molecular flexibility index (Phi) is 6.57. The number of ether oxygens (including phenoxy) is 1. The molecular weight excluding hydrogens is 359 g/mol. The minimum absolute atomic E-state index is 0.173. The van der Waals surface area contributed by atoms with Crippen molar-refractivity contribution < 1.29 is 9.13 Å². The van der Waals surface area contributed by atoms with Crippen LogP contribution in [0, 0.1) is 23.6 Å². The van der Waals surface area contributed by atoms with Crippen LogP contribution in [-0.4, -0.2) is 6.61 Å². The lowest BCUT2D eigenvalue weighted by Gasteiger charge is -2.42. The Bertz CT molecular complexity index is 855. The predicted molar refractivity (Wildman–Crippen MR) is 120 cm³/mol. The van der Waals surface area contributed by atoms with E-state index in [0.717, 1.165) is 28.5 Å². The molecule has 0 heterocycles. The molecule has 29 heavy (non-hydrogen) atoms. The number of rotatable bonds is 6. The van der Waals surface area contributed by atoms with Gasteiger partial charge in [0.1, 0.15) is 18.2 Å². The first-order valence-electron chi connectivity index (χ1n) is 11.6. The van der Waals surface area contributed by atoms with Crippen molar-refractivity contribution in [3.63, 3.8) is 0 Å². The Labute approximate surface area is 175 Å². The van der Waals surface area contributed by atoms with Gasteiger partial charge in [-0.25, -0.2) is 4.39 Å². The van der Waals surface area contributed by atoms with Crippen molar-refractivity contribution in [3.05, 3.63) is 53.9 Å². The lowest BCUT2D eigenvalue weighted by atomic mass is 9.63. The summed E-state index contributed by atoms with van der Waals surface area (Å²) in [7, 11) is 0. The zero-order valence-corrected chi connectivity index (χ0v) is 18.0. The average molecular weight is 395 g/mol. The Morgan fingerprint density at radius 3 is 2.69 bits per heavy atom. The van der Waals surface area contributed by atoms with Gasteiger partial charge in [0.25, 0.3) is 0 Å². The molecule has 0 amide bonds. The zero-order chi connectivity index (χ0) is 20.2. The van der Waals surface area contributed by atoms with Crippen molar-refractivity contribution in [2.75, 3.05) is 6.61 Å². The fourth-order valence-electron chi connectivity index (χ4n) is 5.84. The van der Waals surface area contributed by atoms with Gasteiger partial charge in [-0.05, 0) is 85.8 Å². The van der Waals surface area contributed by atoms with E-state index in [1.807, 2.05) is 25.1 Å². The maximum absolute atomic E-state index is 14.8. The number of hydrogen-bond donors (Lipinski definition) is 0. The molecule has 0 radical (unpaired) electrons. The summed E-state index contributed by atoms with van der Waals surface area (Å²) in [6.45, 7) is 4.75. The van der Waals surface area contributed by atoms with Crippen molar-refractivity contribution in [1.29, 1.82) is 0 Å². The first-order chi connectivity index (χ1) is 14.2. The van der Waals surface area contributed by atoms with Crippen molar-refractivity contribution in [2.45, 2.75) is 71.1 Å². The first kappa shape index (κ1) is 20.4. The van der Waals surface area contributed by atoms with E-state index in [1.165, 1.54) is 63.0 Å². The molecule has 0 bridgehead atoms. The Hall–Kier alpha value is -1.83. The predicted octanol–water partition coefficient (Wildman–Crippen LogP) is 8.03. The lowest BCUT2D eigenvalue weighted by Crippen LogP contribution is -2.30. The van der Waals surface area contributed by atoms with E-state index >= 15 is 0 Å². The van der Waals surface area contributed by atoms with Gasteiger partial charge >= 0.3 is 0 Å². The van der Waals surface area contributed by atoms with E-state index < -0.39 is 0 Å². The maximum atomic E-state index is 14.8. The Morgan fingerprint density at radius 1 is 1.03 bits per heavy atom. The molecule has 2 aliphatic rings. The van der Waals surface area contributed by atoms with E-state index in [1.54, 1.807) is 0 Å². The largest absolute Gasteiger partial charge is 0.489 e. The van der Waals surface area contributed by atoms with Crippen LogP contribution in [0.2, 0.25) is 0 Å². The molecule has 0 N–H and O–H groups in total. The van der Waals surface area contributed by atoms with Gasteiger partial charge in [-0.1, -0.05) is 50.5 Å². The third kappa shape index (κ3) is 4.68. The molecule has 0 saturated heterocycles. The van der Waals surface area contributed by atoms with E-state index in [2.05, 4.69) is 25.1 Å². The highest BCUT2D eigenvalue weighted by Crippen LogP contribution is 2.48. The third-order valence-corrected chi connectivity index (χ3v) is 7.37. The van der Waals surface area contributed by atoms with Gasteiger partial charge in [-0.15, -0.1) is 0 Å². The summed E-state index contributed by atoms with van der Waals surface area (Å²) in [5.74, 6) is 3.80. The summed E-state index contributed by atoms with van der Waals surface area (Å²) in [5.41, 5.74) is 1.33. The second kappa shape index (κ2) is 9.32. The minimum Gasteiger partial charge on any atom is -0.489 e. The highest BCUT2D eigenvalue weighted by molar-refractivity contribution is 5.85. The van der Waals surface area contributed by atoms with Gasteiger partial charge in [0.15, 0.2) is 0 Å². The number of halogens is 1. The molecule has 2 aliphatic carbocycles. The summed E-state index contributed by atoms with van der Waals surface area (Å²) in [5, 5.41) is 1.66. The van der Waals surface area contributed by atoms with Crippen molar-refractivity contribution >= 4 is 10.8 Å². The molecule has 2 aromatic rings. The molecule has 4 atom stereocenters. The van der Waals surface area contributed by atoms with Gasteiger partial charge < -0.3 is 4.74 Å². The molecule has 4 unspecified atom stereocenters. The minimum atomic E-state index is -0.173. The molecule has 2 aromatic carbocycles. The molecule has 2 saturated carbocycles.